The van der Waals surface area contributed by atoms with Crippen LogP contribution in [0.5, 0.6) is 0 Å². The molecule has 0 amide bonds. The van der Waals surface area contributed by atoms with Crippen molar-refractivity contribution < 1.29 is 8.42 Å². The number of sulfonamides is 1. The summed E-state index contributed by atoms with van der Waals surface area (Å²) in [4.78, 5) is 5.17. The second kappa shape index (κ2) is 10.3. The molecule has 2 aliphatic heterocycles. The summed E-state index contributed by atoms with van der Waals surface area (Å²) < 4.78 is 27.9. The van der Waals surface area contributed by atoms with Gasteiger partial charge in [-0.25, -0.2) is 8.42 Å². The molecule has 0 unspecified atom stereocenters. The number of aryl methyl sites for hydroxylation is 2. The number of rotatable bonds is 5. The van der Waals surface area contributed by atoms with Crippen molar-refractivity contribution in [1.29, 1.82) is 0 Å². The lowest BCUT2D eigenvalue weighted by Crippen LogP contribution is -2.64. The van der Waals surface area contributed by atoms with Gasteiger partial charge < -0.3 is 10.6 Å². The molecule has 0 radical (unpaired) electrons. The van der Waals surface area contributed by atoms with Gasteiger partial charge in [0.2, 0.25) is 10.0 Å². The van der Waals surface area contributed by atoms with Gasteiger partial charge in [-0.05, 0) is 55.0 Å². The first kappa shape index (κ1) is 24.7. The summed E-state index contributed by atoms with van der Waals surface area (Å²) in [7, 11) is -3.48. The molecular weight excluding hydrogens is 444 g/mol. The van der Waals surface area contributed by atoms with E-state index in [4.69, 9.17) is 4.99 Å². The van der Waals surface area contributed by atoms with Crippen molar-refractivity contribution in [3.8, 4) is 0 Å². The Morgan fingerprint density at radius 3 is 2.44 bits per heavy atom. The molecule has 2 aromatic rings. The first-order chi connectivity index (χ1) is 14.9. The van der Waals surface area contributed by atoms with Crippen molar-refractivity contribution >= 4 is 28.3 Å². The number of piperidine rings is 1. The summed E-state index contributed by atoms with van der Waals surface area (Å²) in [6, 6.07) is 15.6. The van der Waals surface area contributed by atoms with Gasteiger partial charge in [0, 0.05) is 26.2 Å². The topological polar surface area (TPSA) is 73.8 Å². The van der Waals surface area contributed by atoms with Crippen LogP contribution in [0.3, 0.4) is 0 Å². The molecule has 0 atom stereocenters. The molecule has 1 fully saturated rings. The molecular formula is C24H33ClN4O2S. The standard InChI is InChI=1S/C24H32N4O2S.ClH/c1-3-20-8-10-22(11-9-20)31(29,30)28-16-12-24(13-17-28)23(25-14-15-27-24)26-18-21-7-5-4-6-19(21)2;/h4-11,27H,3,12-18H2,1-2H3,(H,25,26);1H. The highest BCUT2D eigenvalue weighted by Crippen LogP contribution is 2.29. The second-order valence-corrected chi connectivity index (χ2v) is 10.4. The van der Waals surface area contributed by atoms with Gasteiger partial charge in [0.15, 0.2) is 0 Å². The van der Waals surface area contributed by atoms with Gasteiger partial charge in [0.1, 0.15) is 5.84 Å². The van der Waals surface area contributed by atoms with Crippen LogP contribution in [0, 0.1) is 6.92 Å². The van der Waals surface area contributed by atoms with Crippen LogP contribution in [0.4, 0.5) is 0 Å². The summed E-state index contributed by atoms with van der Waals surface area (Å²) in [5.41, 5.74) is 3.37. The molecule has 2 aromatic carbocycles. The minimum absolute atomic E-state index is 0. The highest BCUT2D eigenvalue weighted by Gasteiger charge is 2.43. The Morgan fingerprint density at radius 1 is 1.09 bits per heavy atom. The third-order valence-electron chi connectivity index (χ3n) is 6.55. The first-order valence-corrected chi connectivity index (χ1v) is 12.6. The summed E-state index contributed by atoms with van der Waals surface area (Å²) in [6.45, 7) is 7.43. The number of benzene rings is 2. The third-order valence-corrected chi connectivity index (χ3v) is 8.46. The lowest BCUT2D eigenvalue weighted by molar-refractivity contribution is 0.241. The summed E-state index contributed by atoms with van der Waals surface area (Å²) >= 11 is 0. The van der Waals surface area contributed by atoms with Crippen LogP contribution in [0.25, 0.3) is 0 Å². The van der Waals surface area contributed by atoms with Crippen molar-refractivity contribution in [2.45, 2.75) is 50.1 Å². The van der Waals surface area contributed by atoms with Gasteiger partial charge in [0.05, 0.1) is 17.0 Å². The molecule has 1 saturated heterocycles. The van der Waals surface area contributed by atoms with Gasteiger partial charge in [-0.15, -0.1) is 12.4 Å². The number of aliphatic imine (C=N–C) groups is 1. The van der Waals surface area contributed by atoms with E-state index in [0.29, 0.717) is 30.8 Å². The van der Waals surface area contributed by atoms with Gasteiger partial charge in [-0.3, -0.25) is 4.99 Å². The third kappa shape index (κ3) is 5.01. The maximum Gasteiger partial charge on any atom is 0.243 e. The maximum absolute atomic E-state index is 13.1. The number of nitrogens with one attached hydrogen (secondary N) is 2. The zero-order valence-corrected chi connectivity index (χ0v) is 20.4. The van der Waals surface area contributed by atoms with E-state index in [0.717, 1.165) is 37.5 Å². The predicted octanol–water partition coefficient (Wildman–Crippen LogP) is 3.29. The Labute approximate surface area is 198 Å². The average molecular weight is 477 g/mol. The fourth-order valence-corrected chi connectivity index (χ4v) is 5.92. The van der Waals surface area contributed by atoms with Gasteiger partial charge in [-0.1, -0.05) is 43.3 Å². The second-order valence-electron chi connectivity index (χ2n) is 8.42. The number of amidine groups is 1. The number of hydrogen-bond acceptors (Lipinski definition) is 5. The molecule has 32 heavy (non-hydrogen) atoms. The van der Waals surface area contributed by atoms with E-state index < -0.39 is 10.0 Å². The lowest BCUT2D eigenvalue weighted by atomic mass is 9.85. The average Bonchev–Trinajstić information content (AvgIpc) is 2.80. The van der Waals surface area contributed by atoms with E-state index >= 15 is 0 Å². The highest BCUT2D eigenvalue weighted by atomic mass is 35.5. The molecule has 6 nitrogen and oxygen atoms in total. The van der Waals surface area contributed by atoms with Crippen molar-refractivity contribution in [3.05, 3.63) is 65.2 Å². The molecule has 2 aliphatic rings. The zero-order chi connectivity index (χ0) is 21.9. The van der Waals surface area contributed by atoms with E-state index in [2.05, 4.69) is 42.7 Å². The fourth-order valence-electron chi connectivity index (χ4n) is 4.48. The molecule has 8 heteroatoms. The van der Waals surface area contributed by atoms with E-state index in [1.54, 1.807) is 16.4 Å². The number of halogens is 1. The van der Waals surface area contributed by atoms with Crippen LogP contribution >= 0.6 is 12.4 Å². The SMILES string of the molecule is CCc1ccc(S(=O)(=O)N2CCC3(CC2)NCCN=C3NCc2ccccc2C)cc1.Cl. The van der Waals surface area contributed by atoms with Crippen LogP contribution in [0.1, 0.15) is 36.5 Å². The van der Waals surface area contributed by atoms with Crippen molar-refractivity contribution in [2.24, 2.45) is 4.99 Å². The Kier molecular flexibility index (Phi) is 7.98. The molecule has 2 N–H and O–H groups in total. The summed E-state index contributed by atoms with van der Waals surface area (Å²) in [5, 5.41) is 7.20. The molecule has 0 bridgehead atoms. The minimum Gasteiger partial charge on any atom is -0.368 e. The molecule has 1 spiro atoms. The monoisotopic (exact) mass is 476 g/mol. The van der Waals surface area contributed by atoms with E-state index in [-0.39, 0.29) is 17.9 Å². The normalized spacial score (nSPS) is 18.6. The van der Waals surface area contributed by atoms with E-state index in [9.17, 15) is 8.42 Å². The number of hydrogen-bond donors (Lipinski definition) is 2. The highest BCUT2D eigenvalue weighted by molar-refractivity contribution is 7.89. The molecule has 0 saturated carbocycles. The molecule has 2 heterocycles. The van der Waals surface area contributed by atoms with Crippen molar-refractivity contribution in [3.63, 3.8) is 0 Å². The van der Waals surface area contributed by atoms with Gasteiger partial charge >= 0.3 is 0 Å². The number of nitrogens with zero attached hydrogens (tertiary/aromatic N) is 2. The Balaban J connectivity index is 0.00000289. The Morgan fingerprint density at radius 2 is 1.78 bits per heavy atom. The van der Waals surface area contributed by atoms with Gasteiger partial charge in [0.25, 0.3) is 0 Å². The largest absolute Gasteiger partial charge is 0.368 e. The van der Waals surface area contributed by atoms with E-state index in [1.165, 1.54) is 11.1 Å². The minimum atomic E-state index is -3.48. The van der Waals surface area contributed by atoms with E-state index in [1.807, 2.05) is 18.2 Å². The molecule has 0 aromatic heterocycles. The Hall–Kier alpha value is -1.93. The summed E-state index contributed by atoms with van der Waals surface area (Å²) in [5.74, 6) is 0.964. The zero-order valence-electron chi connectivity index (χ0n) is 18.8. The lowest BCUT2D eigenvalue weighted by Gasteiger charge is -2.44. The maximum atomic E-state index is 13.1. The molecule has 0 aliphatic carbocycles. The molecule has 4 rings (SSSR count). The van der Waals surface area contributed by atoms with Crippen molar-refractivity contribution in [1.82, 2.24) is 14.9 Å². The van der Waals surface area contributed by atoms with Crippen LogP contribution in [0.2, 0.25) is 0 Å². The first-order valence-electron chi connectivity index (χ1n) is 11.1. The van der Waals surface area contributed by atoms with Crippen LogP contribution < -0.4 is 10.6 Å². The van der Waals surface area contributed by atoms with Crippen LogP contribution in [-0.2, 0) is 23.0 Å². The summed E-state index contributed by atoms with van der Waals surface area (Å²) in [6.07, 6.45) is 2.31. The quantitative estimate of drug-likeness (QED) is 0.694. The van der Waals surface area contributed by atoms with Gasteiger partial charge in [-0.2, -0.15) is 4.31 Å². The van der Waals surface area contributed by atoms with Crippen LogP contribution in [-0.4, -0.2) is 50.3 Å². The smallest absolute Gasteiger partial charge is 0.243 e. The van der Waals surface area contributed by atoms with Crippen LogP contribution in [0.15, 0.2) is 58.4 Å². The Bertz CT molecular complexity index is 1050. The fraction of sp³-hybridized carbons (Fsp3) is 0.458. The molecule has 174 valence electrons. The predicted molar refractivity (Wildman–Crippen MR) is 132 cm³/mol. The van der Waals surface area contributed by atoms with Crippen molar-refractivity contribution in [2.75, 3.05) is 26.2 Å².